The van der Waals surface area contributed by atoms with Crippen LogP contribution in [0.4, 0.5) is 0 Å². The fraction of sp³-hybridized carbons (Fsp3) is 0. The van der Waals surface area contributed by atoms with Gasteiger partial charge in [-0.3, -0.25) is 0 Å². The Morgan fingerprint density at radius 2 is 0.611 bits per heavy atom. The summed E-state index contributed by atoms with van der Waals surface area (Å²) in [6.07, 6.45) is 0. The van der Waals surface area contributed by atoms with Crippen LogP contribution in [-0.2, 0) is 18.1 Å². The Balaban J connectivity index is -0.000000308. The fourth-order valence-corrected chi connectivity index (χ4v) is 5.55. The summed E-state index contributed by atoms with van der Waals surface area (Å²) in [5.74, 6) is 1.35. The van der Waals surface area contributed by atoms with Crippen molar-refractivity contribution in [3.8, 4) is 56.6 Å². The van der Waals surface area contributed by atoms with E-state index in [9.17, 15) is 0 Å². The van der Waals surface area contributed by atoms with E-state index in [1.54, 1.807) is 0 Å². The van der Waals surface area contributed by atoms with Crippen molar-refractivity contribution in [2.45, 2.75) is 0 Å². The van der Waals surface area contributed by atoms with Crippen molar-refractivity contribution >= 4 is 235 Å². The van der Waals surface area contributed by atoms with E-state index in [0.29, 0.717) is 27.7 Å². The summed E-state index contributed by atoms with van der Waals surface area (Å²) >= 11 is -8.92. The molecule has 0 bridgehead atoms. The second-order valence-electron chi connectivity index (χ2n) is 11.5. The Morgan fingerprint density at radius 1 is 0.319 bits per heavy atom. The quantitative estimate of drug-likeness (QED) is 0.0856. The molecule has 35 heteroatoms. The van der Waals surface area contributed by atoms with Crippen LogP contribution >= 0.6 is 97.6 Å². The van der Waals surface area contributed by atoms with Gasteiger partial charge in [0.1, 0.15) is 11.1 Å². The standard InChI is InChI=1S/C37H23Cl2N2O.6ClH.12H2O.6O.6Sb/c38-33-20-29(24-9-3-1-4-10-24)18-31(22-33)35-40-36(28-16-15-26-13-7-8-14-27(26)17-28)42-37(41-35)32-19-30(21-34(39)23-32)25-11-5-2-6-12-25;;;;;;;;;;;;;;;;;;;;;;;;;;;;;;/h1-23H;6*1H;12*1H2;;;;;;;;;;;;/q+1;;;;;;;;;;;;;;;;;;;;;;;;;6*+2/p-12. The van der Waals surface area contributed by atoms with Crippen molar-refractivity contribution in [3.63, 3.8) is 0 Å². The van der Waals surface area contributed by atoms with Crippen LogP contribution in [0.25, 0.3) is 67.3 Å². The molecule has 0 atom stereocenters. The zero-order valence-electron chi connectivity index (χ0n) is 35.3. The maximum absolute atomic E-state index is 8.82. The number of hydrogen-bond donors (Lipinski definition) is 12. The van der Waals surface area contributed by atoms with Crippen molar-refractivity contribution in [3.05, 3.63) is 150 Å². The average Bonchev–Trinajstić information content (AvgIpc) is 3.22. The van der Waals surface area contributed by atoms with Gasteiger partial charge in [0.2, 0.25) is 0 Å². The first-order valence-electron chi connectivity index (χ1n) is 17.0. The van der Waals surface area contributed by atoms with Crippen molar-refractivity contribution in [1.29, 1.82) is 0 Å². The van der Waals surface area contributed by atoms with Gasteiger partial charge in [0.25, 0.3) is 0 Å². The second-order valence-corrected chi connectivity index (χ2v) is 21.1. The molecule has 1 heterocycles. The molecule has 0 fully saturated rings. The number of halogens is 8. The zero-order valence-corrected chi connectivity index (χ0v) is 57.0. The van der Waals surface area contributed by atoms with Crippen LogP contribution in [0.1, 0.15) is 0 Å². The average molecular weight is 1830 g/mol. The molecule has 6 aromatic carbocycles. The van der Waals surface area contributed by atoms with Crippen LogP contribution in [-0.4, -0.2) is 177 Å². The summed E-state index contributed by atoms with van der Waals surface area (Å²) in [5.41, 5.74) is 6.42. The Bertz CT molecular complexity index is 2550. The van der Waals surface area contributed by atoms with Gasteiger partial charge in [-0.05, 0) is 81.6 Å². The van der Waals surface area contributed by atoms with E-state index >= 15 is 0 Å². The molecule has 12 N–H and O–H groups in total. The van der Waals surface area contributed by atoms with E-state index in [-0.39, 0.29) is 74.4 Å². The van der Waals surface area contributed by atoms with Gasteiger partial charge in [0.05, 0.1) is 0 Å². The molecular formula is C37H41Cl8N2O19Sb6+. The molecule has 0 saturated carbocycles. The van der Waals surface area contributed by atoms with E-state index in [1.165, 1.54) is 0 Å². The van der Waals surface area contributed by atoms with Crippen LogP contribution < -0.4 is 0 Å². The number of rotatable bonds is 5. The van der Waals surface area contributed by atoms with Gasteiger partial charge in [-0.15, -0.1) is 84.4 Å². The second kappa shape index (κ2) is 47.2. The molecule has 0 saturated heterocycles. The van der Waals surface area contributed by atoms with E-state index in [0.717, 1.165) is 49.7 Å². The molecule has 21 nitrogen and oxygen atoms in total. The monoisotopic (exact) mass is 1820 g/mol. The summed E-state index contributed by atoms with van der Waals surface area (Å²) < 4.78 is 146. The van der Waals surface area contributed by atoms with Crippen molar-refractivity contribution < 1.29 is 63.1 Å². The van der Waals surface area contributed by atoms with E-state index in [1.807, 2.05) is 84.9 Å². The Hall–Kier alpha value is 0.139. The first kappa shape index (κ1) is 83.5. The molecule has 7 aromatic rings. The van der Waals surface area contributed by atoms with Gasteiger partial charge in [0.15, 0.2) is 5.82 Å². The fourth-order valence-electron chi connectivity index (χ4n) is 5.08. The van der Waals surface area contributed by atoms with Gasteiger partial charge in [-0.25, -0.2) is 0 Å². The third-order valence-electron chi connectivity index (χ3n) is 7.12. The molecule has 398 valence electrons. The van der Waals surface area contributed by atoms with Gasteiger partial charge in [0, 0.05) is 15.6 Å². The maximum atomic E-state index is 8.82. The Morgan fingerprint density at radius 3 is 0.986 bits per heavy atom. The van der Waals surface area contributed by atoms with Gasteiger partial charge in [-0.2, -0.15) is 4.42 Å². The predicted octanol–water partition coefficient (Wildman–Crippen LogP) is 3.99. The molecule has 0 aliphatic heterocycles. The molecule has 0 spiro atoms. The molecule has 0 unspecified atom stereocenters. The third-order valence-corrected chi connectivity index (χ3v) is 7.56. The summed E-state index contributed by atoms with van der Waals surface area (Å²) in [5, 5.41) is 3.41. The van der Waals surface area contributed by atoms with Crippen molar-refractivity contribution in [1.82, 2.24) is 9.97 Å². The van der Waals surface area contributed by atoms with Crippen LogP contribution in [0.3, 0.4) is 0 Å². The number of hydrogen-bond acceptors (Lipinski definition) is 8. The van der Waals surface area contributed by atoms with Crippen molar-refractivity contribution in [2.24, 2.45) is 0 Å². The van der Waals surface area contributed by atoms with Crippen LogP contribution in [0.2, 0.25) is 10.0 Å². The number of benzene rings is 6. The molecule has 6 radical (unpaired) electrons. The summed E-state index contributed by atoms with van der Waals surface area (Å²) in [4.78, 5) is 9.83. The molecule has 0 amide bonds. The number of aromatic nitrogens is 2. The topological polar surface area (TPSA) is 382 Å². The predicted molar refractivity (Wildman–Crippen MR) is 282 cm³/mol. The van der Waals surface area contributed by atoms with E-state index < -0.39 is 126 Å². The molecule has 1 aromatic heterocycles. The number of nitrogens with zero attached hydrogens (tertiary/aromatic N) is 2. The molecular weight excluding hydrogens is 1790 g/mol. The van der Waals surface area contributed by atoms with Crippen molar-refractivity contribution in [2.75, 3.05) is 0 Å². The summed E-state index contributed by atoms with van der Waals surface area (Å²) in [6, 6.07) is 46.3. The van der Waals surface area contributed by atoms with Crippen LogP contribution in [0, 0.1) is 0 Å². The Kier molecular flexibility index (Phi) is 54.7. The minimum absolute atomic E-state index is 0. The molecule has 7 rings (SSSR count). The first-order valence-corrected chi connectivity index (χ1v) is 37.7. The van der Waals surface area contributed by atoms with Gasteiger partial charge < -0.3 is 0 Å². The van der Waals surface area contributed by atoms with Gasteiger partial charge >= 0.3 is 197 Å². The molecule has 72 heavy (non-hydrogen) atoms. The zero-order chi connectivity index (χ0) is 49.9. The number of fused-ring (bicyclic) bond motifs is 1. The van der Waals surface area contributed by atoms with Gasteiger partial charge in [-0.1, -0.05) is 114 Å². The SMILES string of the molecule is Cl.Cl.Cl.Cl.Cl.Cl.Clc1cc(-c2ccccc2)cc(-c2nc(-c3cc(Cl)cc(-c4ccccc4)c3)[o+]c(-c3ccc4ccccc4c3)n2)c1.[O]=[Sb]([OH])[OH].[O]=[Sb]([OH])[OH].[O]=[Sb]([OH])[OH].[O]=[Sb]([OH])[OH].[O]=[Sb]([OH])[OH].[O]=[Sb]([OH])[OH]. The molecule has 0 aliphatic carbocycles. The first-order chi connectivity index (χ1) is 31.0. The Labute approximate surface area is 506 Å². The van der Waals surface area contributed by atoms with E-state index in [4.69, 9.17) is 96.3 Å². The normalized spacial score (nSPS) is 8.64. The summed E-state index contributed by atoms with van der Waals surface area (Å²) in [7, 11) is 0. The summed E-state index contributed by atoms with van der Waals surface area (Å²) in [6.45, 7) is 0. The van der Waals surface area contributed by atoms with Crippen LogP contribution in [0.15, 0.2) is 144 Å². The van der Waals surface area contributed by atoms with Crippen LogP contribution in [0.5, 0.6) is 0 Å². The third kappa shape index (κ3) is 39.5. The minimum atomic E-state index is -3.70. The molecule has 0 aliphatic rings. The van der Waals surface area contributed by atoms with E-state index in [2.05, 4.69) is 54.6 Å².